The molecule has 2 saturated heterocycles. The van der Waals surface area contributed by atoms with Crippen molar-refractivity contribution >= 4 is 28.5 Å². The molecule has 57 heavy (non-hydrogen) atoms. The van der Waals surface area contributed by atoms with Crippen molar-refractivity contribution in [1.82, 2.24) is 30.3 Å². The Morgan fingerprint density at radius 1 is 0.877 bits per heavy atom. The van der Waals surface area contributed by atoms with Gasteiger partial charge in [-0.3, -0.25) is 14.5 Å². The van der Waals surface area contributed by atoms with Crippen LogP contribution < -0.4 is 16.0 Å². The number of aromatic nitrogens is 3. The van der Waals surface area contributed by atoms with E-state index in [9.17, 15) is 14.7 Å². The molecule has 0 saturated carbocycles. The zero-order valence-electron chi connectivity index (χ0n) is 33.6. The Balaban J connectivity index is 0.00000270. The highest BCUT2D eigenvalue weighted by Gasteiger charge is 2.23. The third-order valence-corrected chi connectivity index (χ3v) is 10.7. The van der Waals surface area contributed by atoms with E-state index in [0.717, 1.165) is 90.0 Å². The third kappa shape index (κ3) is 10.2. The summed E-state index contributed by atoms with van der Waals surface area (Å²) >= 11 is 0. The second kappa shape index (κ2) is 19.8. The Bertz CT molecular complexity index is 2140. The molecule has 2 aliphatic rings. The van der Waals surface area contributed by atoms with Crippen molar-refractivity contribution in [2.45, 2.75) is 98.1 Å². The summed E-state index contributed by atoms with van der Waals surface area (Å²) in [5.74, 6) is -0.981. The summed E-state index contributed by atoms with van der Waals surface area (Å²) in [5.41, 5.74) is 7.35. The Kier molecular flexibility index (Phi) is 14.4. The molecule has 4 N–H and O–H groups in total. The number of amides is 2. The van der Waals surface area contributed by atoms with Crippen LogP contribution in [0.1, 0.15) is 96.5 Å². The molecular weight excluding hydrogens is 722 g/mol. The van der Waals surface area contributed by atoms with Crippen LogP contribution in [0.25, 0.3) is 22.2 Å². The van der Waals surface area contributed by atoms with E-state index >= 15 is 4.39 Å². The molecule has 5 aromatic rings. The summed E-state index contributed by atoms with van der Waals surface area (Å²) in [6.45, 7) is 13.0. The second-order valence-corrected chi connectivity index (χ2v) is 14.5. The summed E-state index contributed by atoms with van der Waals surface area (Å²) in [5, 5.41) is 25.1. The normalized spacial score (nSPS) is 15.2. The van der Waals surface area contributed by atoms with E-state index in [1.165, 1.54) is 6.07 Å². The van der Waals surface area contributed by atoms with Crippen LogP contribution in [0, 0.1) is 5.82 Å². The largest absolute Gasteiger partial charge is 0.393 e. The quantitative estimate of drug-likeness (QED) is 0.0983. The highest BCUT2D eigenvalue weighted by atomic mass is 19.1. The lowest BCUT2D eigenvalue weighted by molar-refractivity contribution is 0.0792. The van der Waals surface area contributed by atoms with Crippen LogP contribution >= 0.6 is 0 Å². The number of hydrogen-bond donors (Lipinski definition) is 4. The molecule has 0 radical (unpaired) electrons. The number of likely N-dealkylation sites (tertiary alicyclic amines) is 1. The summed E-state index contributed by atoms with van der Waals surface area (Å²) in [4.78, 5) is 34.2. The second-order valence-electron chi connectivity index (χ2n) is 14.5. The van der Waals surface area contributed by atoms with Crippen LogP contribution in [-0.2, 0) is 37.3 Å². The SMILES string of the molecule is CC.CCc1nc2c(cnn2CC)c(NC2CCOCC2)c1CNC(=O)c1cccc(C(=O)NCc2ccc(F)c(-c3cccc(CN4CCC(O)CC4)c3)c2)c1. The minimum Gasteiger partial charge on any atom is -0.393 e. The summed E-state index contributed by atoms with van der Waals surface area (Å²) in [6, 6.07) is 19.6. The summed E-state index contributed by atoms with van der Waals surface area (Å²) < 4.78 is 22.6. The average molecular weight is 778 g/mol. The van der Waals surface area contributed by atoms with Gasteiger partial charge in [0.05, 0.1) is 23.4 Å². The summed E-state index contributed by atoms with van der Waals surface area (Å²) in [7, 11) is 0. The first kappa shape index (κ1) is 41.5. The predicted molar refractivity (Wildman–Crippen MR) is 223 cm³/mol. The van der Waals surface area contributed by atoms with Gasteiger partial charge in [0.25, 0.3) is 11.8 Å². The third-order valence-electron chi connectivity index (χ3n) is 10.7. The highest BCUT2D eigenvalue weighted by molar-refractivity contribution is 6.00. The number of rotatable bonds is 13. The number of aryl methyl sites for hydroxylation is 2. The molecule has 3 aromatic carbocycles. The van der Waals surface area contributed by atoms with E-state index in [1.807, 2.05) is 55.9 Å². The molecule has 11 nitrogen and oxygen atoms in total. The van der Waals surface area contributed by atoms with Crippen LogP contribution in [0.4, 0.5) is 10.1 Å². The van der Waals surface area contributed by atoms with Gasteiger partial charge in [-0.1, -0.05) is 51.1 Å². The van der Waals surface area contributed by atoms with Crippen LogP contribution in [0.3, 0.4) is 0 Å². The zero-order valence-corrected chi connectivity index (χ0v) is 33.6. The van der Waals surface area contributed by atoms with Crippen LogP contribution in [0.2, 0.25) is 0 Å². The number of anilines is 1. The van der Waals surface area contributed by atoms with Gasteiger partial charge < -0.3 is 25.8 Å². The number of hydrogen-bond acceptors (Lipinski definition) is 8. The molecule has 4 heterocycles. The van der Waals surface area contributed by atoms with E-state index in [-0.39, 0.29) is 42.9 Å². The lowest BCUT2D eigenvalue weighted by atomic mass is 9.99. The number of ether oxygens (including phenoxy) is 1. The van der Waals surface area contributed by atoms with Gasteiger partial charge in [-0.05, 0) is 92.1 Å². The molecule has 2 amide bonds. The van der Waals surface area contributed by atoms with Crippen LogP contribution in [0.5, 0.6) is 0 Å². The van der Waals surface area contributed by atoms with Gasteiger partial charge in [0.15, 0.2) is 5.65 Å². The lowest BCUT2D eigenvalue weighted by Crippen LogP contribution is -2.35. The molecule has 0 bridgehead atoms. The number of halogens is 1. The first-order valence-corrected chi connectivity index (χ1v) is 20.5. The number of benzene rings is 3. The van der Waals surface area contributed by atoms with E-state index in [1.54, 1.807) is 36.4 Å². The monoisotopic (exact) mass is 777 g/mol. The number of aliphatic hydroxyl groups is 1. The minimum absolute atomic E-state index is 0.186. The van der Waals surface area contributed by atoms with Crippen LogP contribution in [-0.4, -0.2) is 75.0 Å². The number of aliphatic hydroxyl groups excluding tert-OH is 1. The number of carbonyl (C=O) groups is 2. The number of nitrogens with zero attached hydrogens (tertiary/aromatic N) is 4. The number of nitrogens with one attached hydrogen (secondary N) is 3. The Hall–Kier alpha value is -5.17. The maximum absolute atomic E-state index is 15.1. The number of piperidine rings is 1. The van der Waals surface area contributed by atoms with Crippen molar-refractivity contribution in [2.24, 2.45) is 0 Å². The average Bonchev–Trinajstić information content (AvgIpc) is 3.67. The zero-order chi connectivity index (χ0) is 40.3. The van der Waals surface area contributed by atoms with Crippen molar-refractivity contribution in [2.75, 3.05) is 31.6 Å². The Morgan fingerprint density at radius 2 is 1.58 bits per heavy atom. The summed E-state index contributed by atoms with van der Waals surface area (Å²) in [6.07, 6.45) is 5.59. The first-order chi connectivity index (χ1) is 27.8. The van der Waals surface area contributed by atoms with E-state index < -0.39 is 0 Å². The maximum atomic E-state index is 15.1. The Morgan fingerprint density at radius 3 is 2.28 bits per heavy atom. The predicted octanol–water partition coefficient (Wildman–Crippen LogP) is 7.25. The van der Waals surface area contributed by atoms with Crippen LogP contribution in [0.15, 0.2) is 72.9 Å². The maximum Gasteiger partial charge on any atom is 0.251 e. The molecule has 0 aliphatic carbocycles. The van der Waals surface area contributed by atoms with Crippen molar-refractivity contribution in [3.8, 4) is 11.1 Å². The number of pyridine rings is 1. The highest BCUT2D eigenvalue weighted by Crippen LogP contribution is 2.32. The standard InChI is InChI=1S/C43H50FN7O4.C2H6/c1-3-39-36(40(48-33-15-19-55-20-16-33)37-26-47-51(4-2)41(37)49-39)25-46-43(54)32-10-6-9-31(23-32)42(53)45-24-28-11-12-38(44)35(22-28)30-8-5-7-29(21-30)27-50-17-13-34(52)14-18-50;1-2/h5-12,21-23,26,33-34,52H,3-4,13-20,24-25,27H2,1-2H3,(H,45,53)(H,46,54)(H,48,49);1-2H3. The van der Waals surface area contributed by atoms with Gasteiger partial charge in [0.1, 0.15) is 5.82 Å². The van der Waals surface area contributed by atoms with Gasteiger partial charge in [-0.15, -0.1) is 0 Å². The van der Waals surface area contributed by atoms with Gasteiger partial charge >= 0.3 is 0 Å². The molecule has 2 aliphatic heterocycles. The fourth-order valence-corrected chi connectivity index (χ4v) is 7.53. The van der Waals surface area contributed by atoms with E-state index in [0.29, 0.717) is 42.9 Å². The Labute approximate surface area is 335 Å². The molecule has 0 spiro atoms. The van der Waals surface area contributed by atoms with E-state index in [2.05, 4.69) is 32.9 Å². The molecule has 0 unspecified atom stereocenters. The lowest BCUT2D eigenvalue weighted by Gasteiger charge is -2.29. The molecular formula is C45H56FN7O4. The molecule has 302 valence electrons. The van der Waals surface area contributed by atoms with Gasteiger partial charge in [-0.25, -0.2) is 14.1 Å². The fraction of sp³-hybridized carbons (Fsp3) is 0.422. The molecule has 7 rings (SSSR count). The molecule has 0 atom stereocenters. The van der Waals surface area contributed by atoms with Gasteiger partial charge in [0, 0.05) is 86.5 Å². The van der Waals surface area contributed by atoms with Crippen molar-refractivity contribution < 1.29 is 23.8 Å². The number of fused-ring (bicyclic) bond motifs is 1. The van der Waals surface area contributed by atoms with Gasteiger partial charge in [0.2, 0.25) is 0 Å². The van der Waals surface area contributed by atoms with E-state index in [4.69, 9.17) is 9.72 Å². The van der Waals surface area contributed by atoms with Crippen molar-refractivity contribution in [3.05, 3.63) is 112 Å². The molecule has 2 fully saturated rings. The topological polar surface area (TPSA) is 134 Å². The first-order valence-electron chi connectivity index (χ1n) is 20.5. The van der Waals surface area contributed by atoms with Crippen molar-refractivity contribution in [1.29, 1.82) is 0 Å². The number of carbonyl (C=O) groups excluding carboxylic acids is 2. The molecule has 2 aromatic heterocycles. The smallest absolute Gasteiger partial charge is 0.251 e. The fourth-order valence-electron chi connectivity index (χ4n) is 7.53. The van der Waals surface area contributed by atoms with Crippen molar-refractivity contribution in [3.63, 3.8) is 0 Å². The molecule has 12 heteroatoms. The minimum atomic E-state index is -0.340. The van der Waals surface area contributed by atoms with Gasteiger partial charge in [-0.2, -0.15) is 5.10 Å².